The molecule has 0 fully saturated rings. The lowest BCUT2D eigenvalue weighted by atomic mass is 10.0. The third kappa shape index (κ3) is 3.01. The first-order valence-corrected chi connectivity index (χ1v) is 8.64. The summed E-state index contributed by atoms with van der Waals surface area (Å²) in [5.41, 5.74) is 5.84. The van der Waals surface area contributed by atoms with Crippen LogP contribution in [0, 0.1) is 13.8 Å². The van der Waals surface area contributed by atoms with E-state index >= 15 is 0 Å². The second-order valence-electron chi connectivity index (χ2n) is 6.79. The number of benzene rings is 1. The Labute approximate surface area is 151 Å². The molecule has 0 aliphatic carbocycles. The maximum absolute atomic E-state index is 11.1. The molecule has 1 aliphatic rings. The van der Waals surface area contributed by atoms with Gasteiger partial charge in [-0.1, -0.05) is 6.07 Å². The minimum Gasteiger partial charge on any atom is -0.476 e. The van der Waals surface area contributed by atoms with E-state index in [9.17, 15) is 4.79 Å². The van der Waals surface area contributed by atoms with Crippen molar-refractivity contribution in [1.82, 2.24) is 24.5 Å². The second-order valence-corrected chi connectivity index (χ2v) is 6.79. The average Bonchev–Trinajstić information content (AvgIpc) is 3.25. The molecular formula is C19H21N5O2. The molecule has 7 nitrogen and oxygen atoms in total. The zero-order valence-corrected chi connectivity index (χ0v) is 14.9. The number of nitrogens with zero attached hydrogens (tertiary/aromatic N) is 5. The van der Waals surface area contributed by atoms with Gasteiger partial charge in [0, 0.05) is 32.0 Å². The van der Waals surface area contributed by atoms with Crippen LogP contribution in [-0.4, -0.2) is 42.1 Å². The monoisotopic (exact) mass is 351 g/mol. The summed E-state index contributed by atoms with van der Waals surface area (Å²) in [6.45, 7) is 7.23. The van der Waals surface area contributed by atoms with Crippen molar-refractivity contribution >= 4 is 5.97 Å². The fourth-order valence-corrected chi connectivity index (χ4v) is 3.58. The number of fused-ring (bicyclic) bond motifs is 1. The number of carbonyl (C=O) groups is 1. The van der Waals surface area contributed by atoms with Crippen LogP contribution in [0.1, 0.15) is 32.9 Å². The highest BCUT2D eigenvalue weighted by atomic mass is 16.4. The van der Waals surface area contributed by atoms with Gasteiger partial charge in [-0.15, -0.1) is 0 Å². The number of hydrogen-bond acceptors (Lipinski definition) is 4. The van der Waals surface area contributed by atoms with Crippen molar-refractivity contribution in [2.24, 2.45) is 0 Å². The Morgan fingerprint density at radius 1 is 1.23 bits per heavy atom. The summed E-state index contributed by atoms with van der Waals surface area (Å²) in [6, 6.07) is 7.95. The largest absolute Gasteiger partial charge is 0.476 e. The molecular weight excluding hydrogens is 330 g/mol. The number of rotatable bonds is 4. The summed E-state index contributed by atoms with van der Waals surface area (Å²) in [7, 11) is 0. The molecule has 0 saturated heterocycles. The predicted molar refractivity (Wildman–Crippen MR) is 96.3 cm³/mol. The highest BCUT2D eigenvalue weighted by Gasteiger charge is 2.22. The summed E-state index contributed by atoms with van der Waals surface area (Å²) in [5, 5.41) is 17.7. The lowest BCUT2D eigenvalue weighted by Crippen LogP contribution is -2.34. The van der Waals surface area contributed by atoms with E-state index < -0.39 is 5.97 Å². The Morgan fingerprint density at radius 2 is 2.08 bits per heavy atom. The van der Waals surface area contributed by atoms with Gasteiger partial charge in [-0.25, -0.2) is 9.48 Å². The maximum Gasteiger partial charge on any atom is 0.356 e. The molecule has 0 unspecified atom stereocenters. The Bertz CT molecular complexity index is 959. The van der Waals surface area contributed by atoms with Gasteiger partial charge in [0.2, 0.25) is 0 Å². The molecule has 1 aromatic carbocycles. The summed E-state index contributed by atoms with van der Waals surface area (Å²) in [6.07, 6.45) is 3.75. The molecule has 3 aromatic rings. The standard InChI is InChI=1S/C19H21N5O2/c1-13-8-14(2)16(18(9-13)24-5-3-4-20-24)12-22-6-7-23-15(11-22)10-17(21-23)19(25)26/h3-5,8-10H,6-7,11-12H2,1-2H3,(H,25,26). The molecule has 2 aromatic heterocycles. The Morgan fingerprint density at radius 3 is 2.81 bits per heavy atom. The Balaban J connectivity index is 1.63. The Kier molecular flexibility index (Phi) is 4.08. The van der Waals surface area contributed by atoms with Crippen LogP contribution in [0.15, 0.2) is 36.7 Å². The predicted octanol–water partition coefficient (Wildman–Crippen LogP) is 2.40. The van der Waals surface area contributed by atoms with E-state index in [2.05, 4.69) is 41.1 Å². The third-order valence-electron chi connectivity index (χ3n) is 4.82. The van der Waals surface area contributed by atoms with Crippen LogP contribution in [0.25, 0.3) is 5.69 Å². The van der Waals surface area contributed by atoms with E-state index in [4.69, 9.17) is 5.11 Å². The summed E-state index contributed by atoms with van der Waals surface area (Å²) in [5.74, 6) is -0.978. The lowest BCUT2D eigenvalue weighted by Gasteiger charge is -2.29. The number of carboxylic acids is 1. The molecule has 4 rings (SSSR count). The first kappa shape index (κ1) is 16.5. The van der Waals surface area contributed by atoms with Gasteiger partial charge in [0.1, 0.15) is 0 Å². The minimum atomic E-state index is -0.978. The fourth-order valence-electron chi connectivity index (χ4n) is 3.58. The van der Waals surface area contributed by atoms with Crippen LogP contribution in [0.5, 0.6) is 0 Å². The highest BCUT2D eigenvalue weighted by Crippen LogP contribution is 2.24. The van der Waals surface area contributed by atoms with E-state index in [1.807, 2.05) is 16.9 Å². The zero-order chi connectivity index (χ0) is 18.3. The van der Waals surface area contributed by atoms with E-state index in [-0.39, 0.29) is 5.69 Å². The summed E-state index contributed by atoms with van der Waals surface area (Å²) >= 11 is 0. The van der Waals surface area contributed by atoms with E-state index in [0.717, 1.165) is 24.5 Å². The molecule has 0 radical (unpaired) electrons. The molecule has 0 atom stereocenters. The van der Waals surface area contributed by atoms with Crippen molar-refractivity contribution in [3.63, 3.8) is 0 Å². The normalized spacial score (nSPS) is 14.4. The molecule has 7 heteroatoms. The van der Waals surface area contributed by atoms with Gasteiger partial charge in [-0.2, -0.15) is 10.2 Å². The van der Waals surface area contributed by atoms with Gasteiger partial charge in [-0.3, -0.25) is 9.58 Å². The topological polar surface area (TPSA) is 76.2 Å². The van der Waals surface area contributed by atoms with E-state index in [1.165, 1.54) is 16.7 Å². The first-order valence-electron chi connectivity index (χ1n) is 8.64. The molecule has 1 aliphatic heterocycles. The van der Waals surface area contributed by atoms with Gasteiger partial charge < -0.3 is 5.11 Å². The van der Waals surface area contributed by atoms with Gasteiger partial charge in [0.15, 0.2) is 5.69 Å². The average molecular weight is 351 g/mol. The molecule has 0 spiro atoms. The van der Waals surface area contributed by atoms with Gasteiger partial charge in [0.25, 0.3) is 0 Å². The SMILES string of the molecule is Cc1cc(C)c(CN2CCn3nc(C(=O)O)cc3C2)c(-n2cccn2)c1. The smallest absolute Gasteiger partial charge is 0.356 e. The maximum atomic E-state index is 11.1. The van der Waals surface area contributed by atoms with Crippen LogP contribution in [0.2, 0.25) is 0 Å². The Hall–Kier alpha value is -2.93. The second kappa shape index (κ2) is 6.42. The van der Waals surface area contributed by atoms with Crippen molar-refractivity contribution < 1.29 is 9.90 Å². The number of hydrogen-bond donors (Lipinski definition) is 1. The molecule has 0 amide bonds. The van der Waals surface area contributed by atoms with Gasteiger partial charge >= 0.3 is 5.97 Å². The molecule has 26 heavy (non-hydrogen) atoms. The number of aryl methyl sites for hydroxylation is 2. The molecule has 0 bridgehead atoms. The van der Waals surface area contributed by atoms with Crippen LogP contribution < -0.4 is 0 Å². The highest BCUT2D eigenvalue weighted by molar-refractivity contribution is 5.85. The van der Waals surface area contributed by atoms with E-state index in [1.54, 1.807) is 16.9 Å². The number of aromatic nitrogens is 4. The molecule has 1 N–H and O–H groups in total. The zero-order valence-electron chi connectivity index (χ0n) is 14.9. The third-order valence-corrected chi connectivity index (χ3v) is 4.82. The first-order chi connectivity index (χ1) is 12.5. The van der Waals surface area contributed by atoms with Crippen LogP contribution >= 0.6 is 0 Å². The minimum absolute atomic E-state index is 0.116. The van der Waals surface area contributed by atoms with Crippen molar-refractivity contribution in [2.75, 3.05) is 6.54 Å². The summed E-state index contributed by atoms with van der Waals surface area (Å²) < 4.78 is 3.71. The van der Waals surface area contributed by atoms with Crippen molar-refractivity contribution in [3.8, 4) is 5.69 Å². The van der Waals surface area contributed by atoms with Crippen LogP contribution in [0.4, 0.5) is 0 Å². The van der Waals surface area contributed by atoms with E-state index in [0.29, 0.717) is 13.1 Å². The van der Waals surface area contributed by atoms with Gasteiger partial charge in [-0.05, 0) is 48.7 Å². The van der Waals surface area contributed by atoms with Crippen molar-refractivity contribution in [1.29, 1.82) is 0 Å². The van der Waals surface area contributed by atoms with Crippen molar-refractivity contribution in [3.05, 3.63) is 64.7 Å². The molecule has 134 valence electrons. The van der Waals surface area contributed by atoms with Crippen LogP contribution in [0.3, 0.4) is 0 Å². The van der Waals surface area contributed by atoms with Crippen molar-refractivity contribution in [2.45, 2.75) is 33.5 Å². The number of carboxylic acid groups (broad SMARTS) is 1. The fraction of sp³-hybridized carbons (Fsp3) is 0.316. The molecule has 0 saturated carbocycles. The lowest BCUT2D eigenvalue weighted by molar-refractivity contribution is 0.0689. The van der Waals surface area contributed by atoms with Crippen LogP contribution in [-0.2, 0) is 19.6 Å². The molecule has 3 heterocycles. The quantitative estimate of drug-likeness (QED) is 0.781. The van der Waals surface area contributed by atoms with Gasteiger partial charge in [0.05, 0.1) is 17.9 Å². The summed E-state index contributed by atoms with van der Waals surface area (Å²) in [4.78, 5) is 13.5. The number of aromatic carboxylic acids is 1.